The lowest BCUT2D eigenvalue weighted by Crippen LogP contribution is -2.16. The highest BCUT2D eigenvalue weighted by Crippen LogP contribution is 2.33. The summed E-state index contributed by atoms with van der Waals surface area (Å²) in [6, 6.07) is 8.57. The van der Waals surface area contributed by atoms with E-state index in [1.54, 1.807) is 6.07 Å². The van der Waals surface area contributed by atoms with Crippen LogP contribution in [0.25, 0.3) is 10.9 Å². The molecule has 1 fully saturated rings. The first-order valence-corrected chi connectivity index (χ1v) is 8.63. The van der Waals surface area contributed by atoms with Crippen LogP contribution in [-0.2, 0) is 4.74 Å². The summed E-state index contributed by atoms with van der Waals surface area (Å²) in [6.07, 6.45) is 2.26. The third-order valence-corrected chi connectivity index (χ3v) is 4.46. The maximum absolute atomic E-state index is 13.8. The number of halogens is 1. The van der Waals surface area contributed by atoms with E-state index in [-0.39, 0.29) is 11.9 Å². The van der Waals surface area contributed by atoms with Crippen LogP contribution in [0.3, 0.4) is 0 Å². The fraction of sp³-hybridized carbons (Fsp3) is 0.300. The molecule has 1 atom stereocenters. The predicted octanol–water partition coefficient (Wildman–Crippen LogP) is 4.30. The molecule has 134 valence electrons. The second-order valence-electron chi connectivity index (χ2n) is 6.57. The Kier molecular flexibility index (Phi) is 4.42. The van der Waals surface area contributed by atoms with Crippen molar-refractivity contribution in [1.82, 2.24) is 9.97 Å². The number of benzene rings is 2. The molecule has 1 aromatic heterocycles. The number of ether oxygens (including phenoxy) is 2. The van der Waals surface area contributed by atoms with Crippen LogP contribution in [0.15, 0.2) is 36.7 Å². The molecule has 0 amide bonds. The largest absolute Gasteiger partial charge is 0.486 e. The number of anilines is 2. The molecule has 4 rings (SSSR count). The molecule has 6 heteroatoms. The molecule has 5 nitrogen and oxygen atoms in total. The summed E-state index contributed by atoms with van der Waals surface area (Å²) in [5.41, 5.74) is 3.76. The number of nitrogens with one attached hydrogen (secondary N) is 1. The van der Waals surface area contributed by atoms with E-state index in [0.717, 1.165) is 28.5 Å². The van der Waals surface area contributed by atoms with Crippen molar-refractivity contribution in [3.05, 3.63) is 53.6 Å². The highest BCUT2D eigenvalue weighted by atomic mass is 19.1. The van der Waals surface area contributed by atoms with Crippen molar-refractivity contribution in [2.75, 3.05) is 18.5 Å². The minimum absolute atomic E-state index is 0.0659. The zero-order valence-electron chi connectivity index (χ0n) is 14.8. The van der Waals surface area contributed by atoms with Crippen LogP contribution in [-0.4, -0.2) is 29.3 Å². The predicted molar refractivity (Wildman–Crippen MR) is 98.5 cm³/mol. The average molecular weight is 353 g/mol. The monoisotopic (exact) mass is 353 g/mol. The molecule has 0 saturated carbocycles. The average Bonchev–Trinajstić information content (AvgIpc) is 3.10. The van der Waals surface area contributed by atoms with E-state index < -0.39 is 0 Å². The molecule has 1 unspecified atom stereocenters. The molecular formula is C20H20FN3O2. The van der Waals surface area contributed by atoms with E-state index in [2.05, 4.69) is 21.4 Å². The molecule has 0 radical (unpaired) electrons. The van der Waals surface area contributed by atoms with Crippen molar-refractivity contribution in [2.45, 2.75) is 26.4 Å². The quantitative estimate of drug-likeness (QED) is 0.758. The van der Waals surface area contributed by atoms with Gasteiger partial charge < -0.3 is 14.8 Å². The van der Waals surface area contributed by atoms with Crippen LogP contribution in [0.5, 0.6) is 5.75 Å². The van der Waals surface area contributed by atoms with Crippen molar-refractivity contribution in [2.24, 2.45) is 0 Å². The first kappa shape index (κ1) is 16.7. The molecule has 26 heavy (non-hydrogen) atoms. The fourth-order valence-electron chi connectivity index (χ4n) is 3.27. The number of rotatable bonds is 4. The summed E-state index contributed by atoms with van der Waals surface area (Å²) in [7, 11) is 0. The smallest absolute Gasteiger partial charge is 0.146 e. The Morgan fingerprint density at radius 1 is 1.19 bits per heavy atom. The molecule has 0 aliphatic carbocycles. The molecular weight excluding hydrogens is 333 g/mol. The molecule has 3 aromatic rings. The van der Waals surface area contributed by atoms with Gasteiger partial charge in [-0.05, 0) is 43.2 Å². The Morgan fingerprint density at radius 3 is 2.88 bits per heavy atom. The lowest BCUT2D eigenvalue weighted by atomic mass is 10.1. The molecule has 1 N–H and O–H groups in total. The zero-order valence-corrected chi connectivity index (χ0v) is 14.8. The fourth-order valence-corrected chi connectivity index (χ4v) is 3.27. The van der Waals surface area contributed by atoms with E-state index in [9.17, 15) is 4.39 Å². The van der Waals surface area contributed by atoms with E-state index in [4.69, 9.17) is 9.47 Å². The van der Waals surface area contributed by atoms with Gasteiger partial charge in [-0.2, -0.15) is 0 Å². The molecule has 1 saturated heterocycles. The van der Waals surface area contributed by atoms with Crippen molar-refractivity contribution < 1.29 is 13.9 Å². The second kappa shape index (κ2) is 6.88. The lowest BCUT2D eigenvalue weighted by Gasteiger charge is -2.17. The Bertz CT molecular complexity index is 955. The summed E-state index contributed by atoms with van der Waals surface area (Å²) >= 11 is 0. The number of aryl methyl sites for hydroxylation is 2. The van der Waals surface area contributed by atoms with E-state index in [1.807, 2.05) is 19.9 Å². The van der Waals surface area contributed by atoms with Gasteiger partial charge in [0.2, 0.25) is 0 Å². The van der Waals surface area contributed by atoms with Crippen LogP contribution in [0.4, 0.5) is 15.9 Å². The van der Waals surface area contributed by atoms with Gasteiger partial charge in [0.1, 0.15) is 29.8 Å². The van der Waals surface area contributed by atoms with Crippen LogP contribution < -0.4 is 10.1 Å². The highest BCUT2D eigenvalue weighted by Gasteiger charge is 2.19. The summed E-state index contributed by atoms with van der Waals surface area (Å²) in [5.74, 6) is 0.785. The van der Waals surface area contributed by atoms with Crippen molar-refractivity contribution >= 4 is 22.4 Å². The molecule has 2 heterocycles. The number of nitrogens with zero attached hydrogens (tertiary/aromatic N) is 2. The van der Waals surface area contributed by atoms with Gasteiger partial charge in [-0.3, -0.25) is 0 Å². The van der Waals surface area contributed by atoms with E-state index in [0.29, 0.717) is 30.5 Å². The van der Waals surface area contributed by atoms with Crippen LogP contribution >= 0.6 is 0 Å². The maximum atomic E-state index is 13.8. The molecule has 1 aliphatic heterocycles. The Labute approximate surface area is 151 Å². The molecule has 2 aromatic carbocycles. The number of hydrogen-bond acceptors (Lipinski definition) is 5. The molecule has 0 bridgehead atoms. The van der Waals surface area contributed by atoms with Crippen LogP contribution in [0.2, 0.25) is 0 Å². The Balaban J connectivity index is 1.72. The molecule has 0 spiro atoms. The summed E-state index contributed by atoms with van der Waals surface area (Å²) in [4.78, 5) is 8.76. The topological polar surface area (TPSA) is 56.3 Å². The van der Waals surface area contributed by atoms with Crippen molar-refractivity contribution in [3.63, 3.8) is 0 Å². The SMILES string of the molecule is Cc1cc(C)c2c(Nc3ccc(F)cc3OC3CCOC3)ncnc2c1. The number of hydrogen-bond donors (Lipinski definition) is 1. The minimum atomic E-state index is -0.344. The van der Waals surface area contributed by atoms with E-state index >= 15 is 0 Å². The number of aromatic nitrogens is 2. The van der Waals surface area contributed by atoms with Crippen LogP contribution in [0.1, 0.15) is 17.5 Å². The first-order valence-electron chi connectivity index (χ1n) is 8.63. The maximum Gasteiger partial charge on any atom is 0.146 e. The third kappa shape index (κ3) is 3.32. The van der Waals surface area contributed by atoms with Crippen LogP contribution in [0, 0.1) is 19.7 Å². The standard InChI is InChI=1S/C20H20FN3O2/c1-12-7-13(2)19-17(8-12)22-11-23-20(19)24-16-4-3-14(21)9-18(16)26-15-5-6-25-10-15/h3-4,7-9,11,15H,5-6,10H2,1-2H3,(H,22,23,24). The van der Waals surface area contributed by atoms with Gasteiger partial charge in [0.15, 0.2) is 0 Å². The minimum Gasteiger partial charge on any atom is -0.486 e. The van der Waals surface area contributed by atoms with Crippen molar-refractivity contribution in [3.8, 4) is 5.75 Å². The van der Waals surface area contributed by atoms with Gasteiger partial charge in [-0.25, -0.2) is 14.4 Å². The Morgan fingerprint density at radius 2 is 2.08 bits per heavy atom. The number of fused-ring (bicyclic) bond motifs is 1. The van der Waals surface area contributed by atoms with Gasteiger partial charge in [-0.15, -0.1) is 0 Å². The molecule has 1 aliphatic rings. The second-order valence-corrected chi connectivity index (χ2v) is 6.57. The van der Waals surface area contributed by atoms with Gasteiger partial charge in [-0.1, -0.05) is 6.07 Å². The zero-order chi connectivity index (χ0) is 18.1. The summed E-state index contributed by atoms with van der Waals surface area (Å²) in [6.45, 7) is 5.25. The first-order chi connectivity index (χ1) is 12.6. The lowest BCUT2D eigenvalue weighted by molar-refractivity contribution is 0.141. The van der Waals surface area contributed by atoms with Crippen molar-refractivity contribution in [1.29, 1.82) is 0 Å². The van der Waals surface area contributed by atoms with Gasteiger partial charge in [0.05, 0.1) is 24.4 Å². The highest BCUT2D eigenvalue weighted by molar-refractivity contribution is 5.94. The van der Waals surface area contributed by atoms with E-state index in [1.165, 1.54) is 18.5 Å². The normalized spacial score (nSPS) is 16.8. The Hall–Kier alpha value is -2.73. The van der Waals surface area contributed by atoms with Gasteiger partial charge in [0, 0.05) is 17.9 Å². The summed E-state index contributed by atoms with van der Waals surface area (Å²) < 4.78 is 25.0. The van der Waals surface area contributed by atoms with Gasteiger partial charge >= 0.3 is 0 Å². The third-order valence-electron chi connectivity index (χ3n) is 4.46. The van der Waals surface area contributed by atoms with Gasteiger partial charge in [0.25, 0.3) is 0 Å². The summed E-state index contributed by atoms with van der Waals surface area (Å²) in [5, 5.41) is 4.24.